The van der Waals surface area contributed by atoms with Gasteiger partial charge >= 0.3 is 5.97 Å². The van der Waals surface area contributed by atoms with E-state index in [4.69, 9.17) is 27.9 Å². The summed E-state index contributed by atoms with van der Waals surface area (Å²) in [6, 6.07) is 4.70. The Morgan fingerprint density at radius 1 is 1.35 bits per heavy atom. The van der Waals surface area contributed by atoms with Crippen LogP contribution < -0.4 is 5.32 Å². The number of thiophene rings is 1. The first-order valence-corrected chi connectivity index (χ1v) is 10.1. The lowest BCUT2D eigenvalue weighted by Crippen LogP contribution is -2.17. The van der Waals surface area contributed by atoms with Crippen LogP contribution in [0.3, 0.4) is 0 Å². The molecule has 1 unspecified atom stereocenters. The van der Waals surface area contributed by atoms with Gasteiger partial charge in [0.25, 0.3) is 5.91 Å². The third-order valence-electron chi connectivity index (χ3n) is 4.39. The molecule has 1 aliphatic rings. The Bertz CT molecular complexity index is 863. The van der Waals surface area contributed by atoms with Crippen LogP contribution in [-0.2, 0) is 17.6 Å². The Morgan fingerprint density at radius 3 is 2.81 bits per heavy atom. The van der Waals surface area contributed by atoms with Crippen molar-refractivity contribution >= 4 is 51.4 Å². The number of ether oxygens (including phenoxy) is 1. The number of fused-ring (bicyclic) bond motifs is 1. The van der Waals surface area contributed by atoms with Crippen molar-refractivity contribution in [3.63, 3.8) is 0 Å². The van der Waals surface area contributed by atoms with Gasteiger partial charge in [0, 0.05) is 9.90 Å². The number of esters is 1. The molecule has 0 bridgehead atoms. The largest absolute Gasteiger partial charge is 0.462 e. The van der Waals surface area contributed by atoms with Crippen molar-refractivity contribution < 1.29 is 14.3 Å². The highest BCUT2D eigenvalue weighted by atomic mass is 35.5. The minimum atomic E-state index is -0.392. The number of hydrogen-bond donors (Lipinski definition) is 1. The summed E-state index contributed by atoms with van der Waals surface area (Å²) in [6.07, 6.45) is 2.75. The average Bonchev–Trinajstić information content (AvgIpc) is 2.91. The molecule has 0 aliphatic heterocycles. The number of halogens is 2. The molecule has 1 aliphatic carbocycles. The van der Waals surface area contributed by atoms with Gasteiger partial charge in [-0.05, 0) is 55.9 Å². The van der Waals surface area contributed by atoms with Crippen LogP contribution in [0.2, 0.25) is 10.0 Å². The minimum Gasteiger partial charge on any atom is -0.462 e. The van der Waals surface area contributed by atoms with Crippen molar-refractivity contribution in [3.8, 4) is 0 Å². The third kappa shape index (κ3) is 3.90. The quantitative estimate of drug-likeness (QED) is 0.665. The van der Waals surface area contributed by atoms with Crippen molar-refractivity contribution in [3.05, 3.63) is 49.8 Å². The molecule has 0 saturated carbocycles. The Kier molecular flexibility index (Phi) is 5.90. The summed E-state index contributed by atoms with van der Waals surface area (Å²) in [4.78, 5) is 26.3. The molecule has 3 rings (SSSR count). The second kappa shape index (κ2) is 7.99. The number of rotatable bonds is 4. The maximum atomic E-state index is 12.7. The molecule has 0 saturated heterocycles. The highest BCUT2D eigenvalue weighted by Crippen LogP contribution is 2.40. The van der Waals surface area contributed by atoms with E-state index >= 15 is 0 Å². The van der Waals surface area contributed by atoms with Crippen molar-refractivity contribution in [2.75, 3.05) is 11.9 Å². The maximum Gasteiger partial charge on any atom is 0.341 e. The fourth-order valence-electron chi connectivity index (χ4n) is 3.10. The zero-order valence-corrected chi connectivity index (χ0v) is 16.9. The summed E-state index contributed by atoms with van der Waals surface area (Å²) >= 11 is 13.5. The van der Waals surface area contributed by atoms with Gasteiger partial charge < -0.3 is 10.1 Å². The van der Waals surface area contributed by atoms with Crippen molar-refractivity contribution in [2.45, 2.75) is 33.1 Å². The van der Waals surface area contributed by atoms with Crippen LogP contribution in [0.1, 0.15) is 51.4 Å². The van der Waals surface area contributed by atoms with E-state index in [9.17, 15) is 9.59 Å². The third-order valence-corrected chi connectivity index (χ3v) is 6.11. The van der Waals surface area contributed by atoms with Crippen LogP contribution in [-0.4, -0.2) is 18.5 Å². The molecule has 1 aromatic carbocycles. The van der Waals surface area contributed by atoms with Crippen molar-refractivity contribution in [2.24, 2.45) is 5.92 Å². The smallest absolute Gasteiger partial charge is 0.341 e. The van der Waals surface area contributed by atoms with E-state index < -0.39 is 5.97 Å². The fourth-order valence-corrected chi connectivity index (χ4v) is 4.99. The highest BCUT2D eigenvalue weighted by molar-refractivity contribution is 7.17. The SMILES string of the molecule is CCOC(=O)c1c(NC(=O)c2ccc(Cl)cc2Cl)sc2c1CCC(C)C2. The van der Waals surface area contributed by atoms with E-state index in [0.717, 1.165) is 29.7 Å². The van der Waals surface area contributed by atoms with Crippen molar-refractivity contribution in [1.82, 2.24) is 0 Å². The number of anilines is 1. The van der Waals surface area contributed by atoms with E-state index in [1.54, 1.807) is 19.1 Å². The second-order valence-electron chi connectivity index (χ2n) is 6.35. The average molecular weight is 412 g/mol. The fraction of sp³-hybridized carbons (Fsp3) is 0.368. The molecule has 1 aromatic heterocycles. The molecule has 0 fully saturated rings. The molecule has 0 radical (unpaired) electrons. The molecule has 0 spiro atoms. The summed E-state index contributed by atoms with van der Waals surface area (Å²) in [7, 11) is 0. The Labute approximate surface area is 166 Å². The van der Waals surface area contributed by atoms with Gasteiger partial charge in [0.1, 0.15) is 5.00 Å². The molecule has 1 heterocycles. The molecule has 1 amide bonds. The van der Waals surface area contributed by atoms with Crippen molar-refractivity contribution in [1.29, 1.82) is 0 Å². The Morgan fingerprint density at radius 2 is 2.12 bits per heavy atom. The van der Waals surface area contributed by atoms with Crippen LogP contribution in [0, 0.1) is 5.92 Å². The predicted octanol–water partition coefficient (Wildman–Crippen LogP) is 5.61. The molecule has 7 heteroatoms. The first-order valence-electron chi connectivity index (χ1n) is 8.48. The number of nitrogens with one attached hydrogen (secondary N) is 1. The Hall–Kier alpha value is -1.56. The summed E-state index contributed by atoms with van der Waals surface area (Å²) in [6.45, 7) is 4.25. The van der Waals surface area contributed by atoms with Crippen LogP contribution in [0.4, 0.5) is 5.00 Å². The minimum absolute atomic E-state index is 0.266. The number of hydrogen-bond acceptors (Lipinski definition) is 4. The molecular weight excluding hydrogens is 393 g/mol. The van der Waals surface area contributed by atoms with E-state index in [0.29, 0.717) is 27.1 Å². The van der Waals surface area contributed by atoms with Crippen LogP contribution in [0.5, 0.6) is 0 Å². The molecule has 1 atom stereocenters. The van der Waals surface area contributed by atoms with Gasteiger partial charge in [-0.2, -0.15) is 0 Å². The van der Waals surface area contributed by atoms with Gasteiger partial charge in [-0.1, -0.05) is 30.1 Å². The lowest BCUT2D eigenvalue weighted by Gasteiger charge is -2.18. The van der Waals surface area contributed by atoms with Gasteiger partial charge in [0.15, 0.2) is 0 Å². The normalized spacial score (nSPS) is 16.1. The van der Waals surface area contributed by atoms with E-state index in [-0.39, 0.29) is 17.5 Å². The summed E-state index contributed by atoms with van der Waals surface area (Å²) in [5.41, 5.74) is 1.80. The van der Waals surface area contributed by atoms with Crippen LogP contribution >= 0.6 is 34.5 Å². The van der Waals surface area contributed by atoms with Gasteiger partial charge in [0.2, 0.25) is 0 Å². The maximum absolute atomic E-state index is 12.7. The zero-order chi connectivity index (χ0) is 18.8. The van der Waals surface area contributed by atoms with Crippen LogP contribution in [0.15, 0.2) is 18.2 Å². The molecule has 138 valence electrons. The van der Waals surface area contributed by atoms with Crippen LogP contribution in [0.25, 0.3) is 0 Å². The summed E-state index contributed by atoms with van der Waals surface area (Å²) < 4.78 is 5.22. The molecule has 4 nitrogen and oxygen atoms in total. The predicted molar refractivity (Wildman–Crippen MR) is 106 cm³/mol. The molecular formula is C19H19Cl2NO3S. The van der Waals surface area contributed by atoms with E-state index in [2.05, 4.69) is 12.2 Å². The number of carbonyl (C=O) groups is 2. The number of benzene rings is 1. The second-order valence-corrected chi connectivity index (χ2v) is 8.30. The highest BCUT2D eigenvalue weighted by Gasteiger charge is 2.29. The standard InChI is InChI=1S/C19H19Cl2NO3S/c1-3-25-19(24)16-13-6-4-10(2)8-15(13)26-18(16)22-17(23)12-7-5-11(20)9-14(12)21/h5,7,9-10H,3-4,6,8H2,1-2H3,(H,22,23). The monoisotopic (exact) mass is 411 g/mol. The zero-order valence-electron chi connectivity index (χ0n) is 14.5. The topological polar surface area (TPSA) is 55.4 Å². The molecule has 1 N–H and O–H groups in total. The molecule has 2 aromatic rings. The number of carbonyl (C=O) groups excluding carboxylic acids is 2. The first kappa shape index (κ1) is 19.2. The first-order chi connectivity index (χ1) is 12.4. The number of amides is 1. The summed E-state index contributed by atoms with van der Waals surface area (Å²) in [5.74, 6) is -0.202. The van der Waals surface area contributed by atoms with E-state index in [1.165, 1.54) is 17.4 Å². The lowest BCUT2D eigenvalue weighted by atomic mass is 9.88. The van der Waals surface area contributed by atoms with E-state index in [1.807, 2.05) is 0 Å². The molecule has 26 heavy (non-hydrogen) atoms. The van der Waals surface area contributed by atoms with Gasteiger partial charge in [-0.15, -0.1) is 11.3 Å². The van der Waals surface area contributed by atoms with Gasteiger partial charge in [-0.25, -0.2) is 4.79 Å². The van der Waals surface area contributed by atoms with Gasteiger partial charge in [-0.3, -0.25) is 4.79 Å². The Balaban J connectivity index is 1.96. The lowest BCUT2D eigenvalue weighted by molar-refractivity contribution is 0.0526. The van der Waals surface area contributed by atoms with Gasteiger partial charge in [0.05, 0.1) is 22.8 Å². The summed E-state index contributed by atoms with van der Waals surface area (Å²) in [5, 5.41) is 4.10.